The number of para-hydroxylation sites is 1. The van der Waals surface area contributed by atoms with Crippen molar-refractivity contribution in [1.82, 2.24) is 9.47 Å². The van der Waals surface area contributed by atoms with Gasteiger partial charge in [-0.3, -0.25) is 0 Å². The van der Waals surface area contributed by atoms with Crippen LogP contribution in [0.25, 0.3) is 16.6 Å². The minimum Gasteiger partial charge on any atom is -0.366 e. The fourth-order valence-electron chi connectivity index (χ4n) is 3.84. The smallest absolute Gasteiger partial charge is 0.285 e. The lowest BCUT2D eigenvalue weighted by molar-refractivity contribution is -0.670. The van der Waals surface area contributed by atoms with Gasteiger partial charge in [-0.05, 0) is 38.1 Å². The van der Waals surface area contributed by atoms with Crippen molar-refractivity contribution >= 4 is 40.0 Å². The van der Waals surface area contributed by atoms with Gasteiger partial charge in [-0.15, -0.1) is 11.8 Å². The van der Waals surface area contributed by atoms with Crippen molar-refractivity contribution in [3.8, 4) is 0 Å². The summed E-state index contributed by atoms with van der Waals surface area (Å²) < 4.78 is 4.79. The van der Waals surface area contributed by atoms with Crippen LogP contribution >= 0.6 is 23.4 Å². The van der Waals surface area contributed by atoms with Gasteiger partial charge in [0.25, 0.3) is 5.82 Å². The number of hydrogen-bond donors (Lipinski definition) is 0. The van der Waals surface area contributed by atoms with Crippen LogP contribution in [0.4, 0.5) is 0 Å². The number of nitrogens with zero attached hydrogens (tertiary/aromatic N) is 3. The molecule has 0 amide bonds. The van der Waals surface area contributed by atoms with E-state index in [1.807, 2.05) is 23.9 Å². The monoisotopic (exact) mass is 360 g/mol. The van der Waals surface area contributed by atoms with E-state index in [2.05, 4.69) is 46.1 Å². The number of aryl methyl sites for hydroxylation is 2. The quantitative estimate of drug-likeness (QED) is 0.756. The largest absolute Gasteiger partial charge is 0.366 e. The molecule has 0 saturated carbocycles. The van der Waals surface area contributed by atoms with Crippen LogP contribution in [0.5, 0.6) is 0 Å². The Kier molecular flexibility index (Phi) is 4.35. The van der Waals surface area contributed by atoms with E-state index >= 15 is 0 Å². The number of halogens is 1. The predicted octanol–water partition coefficient (Wildman–Crippen LogP) is 4.30. The van der Waals surface area contributed by atoms with E-state index in [0.29, 0.717) is 0 Å². The van der Waals surface area contributed by atoms with Gasteiger partial charge < -0.3 is 4.90 Å². The van der Waals surface area contributed by atoms with Crippen molar-refractivity contribution < 1.29 is 4.57 Å². The van der Waals surface area contributed by atoms with E-state index < -0.39 is 0 Å². The number of hydrogen-bond acceptors (Lipinski definition) is 2. The van der Waals surface area contributed by atoms with Gasteiger partial charge >= 0.3 is 0 Å². The Morgan fingerprint density at radius 3 is 2.92 bits per heavy atom. The summed E-state index contributed by atoms with van der Waals surface area (Å²) in [6, 6.07) is 6.22. The minimum atomic E-state index is 0.851. The number of aromatic nitrogens is 2. The molecule has 0 spiro atoms. The third kappa shape index (κ3) is 2.47. The molecule has 3 nitrogen and oxygen atoms in total. The third-order valence-electron chi connectivity index (χ3n) is 4.98. The molecule has 1 aromatic carbocycles. The maximum absolute atomic E-state index is 6.50. The summed E-state index contributed by atoms with van der Waals surface area (Å²) in [4.78, 5) is 2.46. The minimum absolute atomic E-state index is 0.851. The highest BCUT2D eigenvalue weighted by Crippen LogP contribution is 2.34. The Hall–Kier alpha value is -1.39. The van der Waals surface area contributed by atoms with Gasteiger partial charge in [0.2, 0.25) is 0 Å². The highest BCUT2D eigenvalue weighted by molar-refractivity contribution is 8.03. The fourth-order valence-corrected chi connectivity index (χ4v) is 5.20. The average molecular weight is 361 g/mol. The molecule has 0 atom stereocenters. The molecule has 2 aliphatic rings. The molecule has 0 aliphatic carbocycles. The lowest BCUT2D eigenvalue weighted by Gasteiger charge is -2.15. The molecule has 1 saturated heterocycles. The van der Waals surface area contributed by atoms with Gasteiger partial charge in [0.1, 0.15) is 0 Å². The summed E-state index contributed by atoms with van der Waals surface area (Å²) in [6.07, 6.45) is 5.72. The Bertz CT molecular complexity index is 850. The van der Waals surface area contributed by atoms with E-state index in [-0.39, 0.29) is 0 Å². The van der Waals surface area contributed by atoms with Crippen LogP contribution in [0.3, 0.4) is 0 Å². The Balaban J connectivity index is 1.81. The molecule has 5 heteroatoms. The van der Waals surface area contributed by atoms with Gasteiger partial charge in [-0.25, -0.2) is 9.13 Å². The van der Waals surface area contributed by atoms with Gasteiger partial charge in [0.05, 0.1) is 23.1 Å². The standard InChI is InChI=1S/C19H23ClN3S/c1-3-21-12-13-24-17(21)9-8-14-10-11-23-18-15(20)6-5-7-16(18)22(4-2)19(14)23/h5-9H,3-4,10-13H2,1-2H3/q+1. The molecular formula is C19H23ClN3S+. The summed E-state index contributed by atoms with van der Waals surface area (Å²) in [5.41, 5.74) is 3.83. The maximum Gasteiger partial charge on any atom is 0.285 e. The SMILES string of the molecule is CCN1CCSC1=CC=C1CCn2c1[n+](CC)c1cccc(Cl)c12. The second-order valence-electron chi connectivity index (χ2n) is 6.20. The second kappa shape index (κ2) is 6.49. The van der Waals surface area contributed by atoms with Crippen molar-refractivity contribution in [2.75, 3.05) is 18.8 Å². The molecule has 0 N–H and O–H groups in total. The van der Waals surface area contributed by atoms with Crippen LogP contribution in [0.2, 0.25) is 5.02 Å². The number of rotatable bonds is 3. The van der Waals surface area contributed by atoms with Crippen LogP contribution < -0.4 is 4.57 Å². The van der Waals surface area contributed by atoms with Crippen molar-refractivity contribution in [3.05, 3.63) is 46.2 Å². The molecule has 0 bridgehead atoms. The molecule has 2 aromatic rings. The van der Waals surface area contributed by atoms with E-state index in [0.717, 1.165) is 31.1 Å². The zero-order chi connectivity index (χ0) is 16.7. The zero-order valence-electron chi connectivity index (χ0n) is 14.3. The molecule has 3 heterocycles. The molecular weight excluding hydrogens is 338 g/mol. The Labute approximate surface area is 152 Å². The summed E-state index contributed by atoms with van der Waals surface area (Å²) in [7, 11) is 0. The molecule has 24 heavy (non-hydrogen) atoms. The van der Waals surface area contributed by atoms with Crippen LogP contribution in [0.15, 0.2) is 35.4 Å². The van der Waals surface area contributed by atoms with Crippen molar-refractivity contribution in [2.45, 2.75) is 33.4 Å². The van der Waals surface area contributed by atoms with Crippen LogP contribution in [-0.4, -0.2) is 28.3 Å². The normalized spacial score (nSPS) is 20.7. The van der Waals surface area contributed by atoms with Crippen molar-refractivity contribution in [1.29, 1.82) is 0 Å². The zero-order valence-corrected chi connectivity index (χ0v) is 15.8. The first-order valence-corrected chi connectivity index (χ1v) is 10.1. The first-order valence-electron chi connectivity index (χ1n) is 8.74. The first-order chi connectivity index (χ1) is 11.7. The molecule has 1 fully saturated rings. The maximum atomic E-state index is 6.50. The highest BCUT2D eigenvalue weighted by atomic mass is 35.5. The fraction of sp³-hybridized carbons (Fsp3) is 0.421. The van der Waals surface area contributed by atoms with Gasteiger partial charge in [-0.1, -0.05) is 17.7 Å². The predicted molar refractivity (Wildman–Crippen MR) is 103 cm³/mol. The molecule has 126 valence electrons. The van der Waals surface area contributed by atoms with Crippen LogP contribution in [0, 0.1) is 0 Å². The lowest BCUT2D eigenvalue weighted by Crippen LogP contribution is -2.35. The Morgan fingerprint density at radius 1 is 1.25 bits per heavy atom. The summed E-state index contributed by atoms with van der Waals surface area (Å²) >= 11 is 8.47. The van der Waals surface area contributed by atoms with Crippen molar-refractivity contribution in [3.63, 3.8) is 0 Å². The van der Waals surface area contributed by atoms with Crippen molar-refractivity contribution in [2.24, 2.45) is 0 Å². The number of thioether (sulfide) groups is 1. The second-order valence-corrected chi connectivity index (χ2v) is 7.72. The molecule has 0 unspecified atom stereocenters. The highest BCUT2D eigenvalue weighted by Gasteiger charge is 2.33. The molecule has 4 rings (SSSR count). The molecule has 0 radical (unpaired) electrons. The third-order valence-corrected chi connectivity index (χ3v) is 6.36. The topological polar surface area (TPSA) is 12.1 Å². The lowest BCUT2D eigenvalue weighted by atomic mass is 10.2. The van der Waals surface area contributed by atoms with Gasteiger partial charge in [0, 0.05) is 30.8 Å². The molecule has 2 aliphatic heterocycles. The van der Waals surface area contributed by atoms with E-state index in [1.165, 1.54) is 39.8 Å². The van der Waals surface area contributed by atoms with E-state index in [1.54, 1.807) is 0 Å². The van der Waals surface area contributed by atoms with E-state index in [9.17, 15) is 0 Å². The van der Waals surface area contributed by atoms with E-state index in [4.69, 9.17) is 11.6 Å². The number of benzene rings is 1. The summed E-state index contributed by atoms with van der Waals surface area (Å²) in [5.74, 6) is 2.52. The molecule has 1 aromatic heterocycles. The number of imidazole rings is 1. The average Bonchev–Trinajstić information content (AvgIpc) is 3.27. The van der Waals surface area contributed by atoms with Gasteiger partial charge in [-0.2, -0.15) is 0 Å². The number of fused-ring (bicyclic) bond motifs is 3. The number of allylic oxidation sites excluding steroid dienone is 3. The van der Waals surface area contributed by atoms with Crippen LogP contribution in [-0.2, 0) is 13.1 Å². The summed E-state index contributed by atoms with van der Waals surface area (Å²) in [5, 5.41) is 2.25. The van der Waals surface area contributed by atoms with Gasteiger partial charge in [0.15, 0.2) is 11.0 Å². The Morgan fingerprint density at radius 2 is 2.12 bits per heavy atom. The first kappa shape index (κ1) is 16.1. The van der Waals surface area contributed by atoms with Crippen LogP contribution in [0.1, 0.15) is 26.1 Å². The summed E-state index contributed by atoms with van der Waals surface area (Å²) in [6.45, 7) is 8.67.